The Morgan fingerprint density at radius 1 is 1.67 bits per heavy atom. The molecule has 1 heterocycles. The lowest BCUT2D eigenvalue weighted by molar-refractivity contribution is -0.384. The molecule has 0 saturated carbocycles. The highest BCUT2D eigenvalue weighted by Gasteiger charge is 2.21. The summed E-state index contributed by atoms with van der Waals surface area (Å²) in [6, 6.07) is -0.0836. The molecule has 0 radical (unpaired) electrons. The summed E-state index contributed by atoms with van der Waals surface area (Å²) in [5.41, 5.74) is -0.340. The molecule has 1 unspecified atom stereocenters. The van der Waals surface area contributed by atoms with Gasteiger partial charge in [-0.2, -0.15) is 0 Å². The van der Waals surface area contributed by atoms with E-state index in [0.29, 0.717) is 0 Å². The van der Waals surface area contributed by atoms with Gasteiger partial charge in [0.1, 0.15) is 11.7 Å². The maximum absolute atomic E-state index is 11.6. The second-order valence-electron chi connectivity index (χ2n) is 3.42. The Balaban J connectivity index is 2.76. The third-order valence-electron chi connectivity index (χ3n) is 2.13. The summed E-state index contributed by atoms with van der Waals surface area (Å²) in [6.45, 7) is 3.38. The average molecular weight is 253 g/mol. The van der Waals surface area contributed by atoms with Crippen molar-refractivity contribution in [1.82, 2.24) is 10.3 Å². The number of rotatable bonds is 6. The van der Waals surface area contributed by atoms with Crippen molar-refractivity contribution in [3.05, 3.63) is 40.7 Å². The first-order valence-corrected chi connectivity index (χ1v) is 4.93. The molecule has 0 aliphatic rings. The van der Waals surface area contributed by atoms with Gasteiger partial charge in [-0.25, -0.2) is 4.79 Å². The van der Waals surface area contributed by atoms with Crippen LogP contribution >= 0.6 is 0 Å². The van der Waals surface area contributed by atoms with E-state index in [9.17, 15) is 19.7 Å². The van der Waals surface area contributed by atoms with Gasteiger partial charge >= 0.3 is 5.97 Å². The molecule has 0 aromatic carbocycles. The van der Waals surface area contributed by atoms with Crippen molar-refractivity contribution < 1.29 is 19.6 Å². The van der Waals surface area contributed by atoms with Crippen LogP contribution in [0.15, 0.2) is 24.9 Å². The zero-order valence-corrected chi connectivity index (χ0v) is 9.25. The molecule has 8 heteroatoms. The van der Waals surface area contributed by atoms with Crippen molar-refractivity contribution in [1.29, 1.82) is 0 Å². The summed E-state index contributed by atoms with van der Waals surface area (Å²) >= 11 is 0. The number of nitrogens with zero attached hydrogens (tertiary/aromatic N) is 1. The van der Waals surface area contributed by atoms with Crippen LogP contribution in [0.25, 0.3) is 0 Å². The highest BCUT2D eigenvalue weighted by atomic mass is 16.6. The first-order chi connectivity index (χ1) is 8.45. The Kier molecular flexibility index (Phi) is 4.19. The summed E-state index contributed by atoms with van der Waals surface area (Å²) < 4.78 is 0. The fourth-order valence-electron chi connectivity index (χ4n) is 1.24. The third kappa shape index (κ3) is 3.17. The summed E-state index contributed by atoms with van der Waals surface area (Å²) in [6.07, 6.45) is 2.47. The molecule has 0 spiro atoms. The Labute approximate surface area is 101 Å². The summed E-state index contributed by atoms with van der Waals surface area (Å²) in [5.74, 6) is -1.93. The number of hydrogen-bond acceptors (Lipinski definition) is 4. The molecule has 1 aromatic rings. The molecule has 18 heavy (non-hydrogen) atoms. The van der Waals surface area contributed by atoms with E-state index in [2.05, 4.69) is 16.9 Å². The first-order valence-electron chi connectivity index (χ1n) is 4.93. The van der Waals surface area contributed by atoms with Crippen LogP contribution in [-0.4, -0.2) is 32.9 Å². The van der Waals surface area contributed by atoms with Crippen molar-refractivity contribution in [2.45, 2.75) is 12.5 Å². The SMILES string of the molecule is C=CCC(NC(=O)c1cc([N+](=O)[O-])c[nH]1)C(=O)O. The second kappa shape index (κ2) is 5.62. The number of amides is 1. The van der Waals surface area contributed by atoms with Gasteiger partial charge in [0, 0.05) is 6.07 Å². The standard InChI is InChI=1S/C10H11N3O5/c1-2-3-7(10(15)16)12-9(14)8-4-6(5-11-8)13(17)18/h2,4-5,7,11H,1,3H2,(H,12,14)(H,15,16). The van der Waals surface area contributed by atoms with Crippen LogP contribution in [0, 0.1) is 10.1 Å². The minimum absolute atomic E-state index is 0.0594. The molecule has 0 bridgehead atoms. The van der Waals surface area contributed by atoms with Crippen molar-refractivity contribution >= 4 is 17.6 Å². The van der Waals surface area contributed by atoms with Gasteiger partial charge in [-0.15, -0.1) is 6.58 Å². The average Bonchev–Trinajstić information content (AvgIpc) is 2.77. The maximum atomic E-state index is 11.6. The number of carbonyl (C=O) groups is 2. The predicted molar refractivity (Wildman–Crippen MR) is 61.2 cm³/mol. The topological polar surface area (TPSA) is 125 Å². The molecule has 0 aliphatic carbocycles. The zero-order valence-electron chi connectivity index (χ0n) is 9.25. The van der Waals surface area contributed by atoms with Crippen LogP contribution in [0.1, 0.15) is 16.9 Å². The third-order valence-corrected chi connectivity index (χ3v) is 2.13. The van der Waals surface area contributed by atoms with Gasteiger partial charge in [-0.05, 0) is 6.42 Å². The number of carboxylic acid groups (broad SMARTS) is 1. The minimum Gasteiger partial charge on any atom is -0.480 e. The first kappa shape index (κ1) is 13.4. The van der Waals surface area contributed by atoms with Gasteiger partial charge in [-0.1, -0.05) is 6.08 Å². The van der Waals surface area contributed by atoms with E-state index >= 15 is 0 Å². The molecule has 0 fully saturated rings. The van der Waals surface area contributed by atoms with E-state index in [1.54, 1.807) is 0 Å². The molecule has 1 aromatic heterocycles. The van der Waals surface area contributed by atoms with Crippen LogP contribution in [0.3, 0.4) is 0 Å². The largest absolute Gasteiger partial charge is 0.480 e. The van der Waals surface area contributed by atoms with Crippen molar-refractivity contribution in [3.8, 4) is 0 Å². The number of aliphatic carboxylic acids is 1. The van der Waals surface area contributed by atoms with Crippen LogP contribution in [0.5, 0.6) is 0 Å². The van der Waals surface area contributed by atoms with Crippen LogP contribution in [0.4, 0.5) is 5.69 Å². The highest BCUT2D eigenvalue weighted by Crippen LogP contribution is 2.12. The Bertz CT molecular complexity index is 493. The van der Waals surface area contributed by atoms with E-state index in [4.69, 9.17) is 5.11 Å². The van der Waals surface area contributed by atoms with Crippen molar-refractivity contribution in [2.24, 2.45) is 0 Å². The number of nitrogens with one attached hydrogen (secondary N) is 2. The fourth-order valence-corrected chi connectivity index (χ4v) is 1.24. The number of carboxylic acids is 1. The normalized spacial score (nSPS) is 11.6. The van der Waals surface area contributed by atoms with Gasteiger partial charge in [0.2, 0.25) is 0 Å². The monoisotopic (exact) mass is 253 g/mol. The van der Waals surface area contributed by atoms with E-state index in [-0.39, 0.29) is 17.8 Å². The summed E-state index contributed by atoms with van der Waals surface area (Å²) in [4.78, 5) is 34.6. The van der Waals surface area contributed by atoms with Crippen molar-refractivity contribution in [2.75, 3.05) is 0 Å². The van der Waals surface area contributed by atoms with Crippen LogP contribution in [-0.2, 0) is 4.79 Å². The van der Waals surface area contributed by atoms with Gasteiger partial charge < -0.3 is 15.4 Å². The summed E-state index contributed by atoms with van der Waals surface area (Å²) in [5, 5.41) is 21.5. The zero-order chi connectivity index (χ0) is 13.7. The molecule has 1 atom stereocenters. The lowest BCUT2D eigenvalue weighted by atomic mass is 10.2. The number of nitro groups is 1. The number of aromatic nitrogens is 1. The molecule has 0 saturated heterocycles. The Morgan fingerprint density at radius 3 is 2.78 bits per heavy atom. The quantitative estimate of drug-likeness (QED) is 0.390. The molecule has 1 rings (SSSR count). The summed E-state index contributed by atoms with van der Waals surface area (Å²) in [7, 11) is 0. The Morgan fingerprint density at radius 2 is 2.33 bits per heavy atom. The molecular formula is C10H11N3O5. The predicted octanol–water partition coefficient (Wildman–Crippen LogP) is 0.682. The number of hydrogen-bond donors (Lipinski definition) is 3. The van der Waals surface area contributed by atoms with E-state index in [1.165, 1.54) is 6.08 Å². The fraction of sp³-hybridized carbons (Fsp3) is 0.200. The molecule has 8 nitrogen and oxygen atoms in total. The molecule has 1 amide bonds. The maximum Gasteiger partial charge on any atom is 0.326 e. The van der Waals surface area contributed by atoms with Gasteiger partial charge in [-0.3, -0.25) is 14.9 Å². The molecular weight excluding hydrogens is 242 g/mol. The minimum atomic E-state index is -1.20. The number of carbonyl (C=O) groups excluding carboxylic acids is 1. The lowest BCUT2D eigenvalue weighted by Gasteiger charge is -2.11. The van der Waals surface area contributed by atoms with Gasteiger partial charge in [0.25, 0.3) is 11.6 Å². The molecule has 3 N–H and O–H groups in total. The number of aromatic amines is 1. The smallest absolute Gasteiger partial charge is 0.326 e. The van der Waals surface area contributed by atoms with E-state index in [1.807, 2.05) is 0 Å². The highest BCUT2D eigenvalue weighted by molar-refractivity contribution is 5.95. The van der Waals surface area contributed by atoms with Gasteiger partial charge in [0.05, 0.1) is 11.1 Å². The van der Waals surface area contributed by atoms with Crippen molar-refractivity contribution in [3.63, 3.8) is 0 Å². The molecule has 0 aliphatic heterocycles. The van der Waals surface area contributed by atoms with Crippen LogP contribution < -0.4 is 5.32 Å². The number of H-pyrrole nitrogens is 1. The van der Waals surface area contributed by atoms with Gasteiger partial charge in [0.15, 0.2) is 0 Å². The van der Waals surface area contributed by atoms with Crippen LogP contribution in [0.2, 0.25) is 0 Å². The van der Waals surface area contributed by atoms with E-state index in [0.717, 1.165) is 12.3 Å². The van der Waals surface area contributed by atoms with E-state index < -0.39 is 22.8 Å². The Hall–Kier alpha value is -2.64. The lowest BCUT2D eigenvalue weighted by Crippen LogP contribution is -2.40. The second-order valence-corrected chi connectivity index (χ2v) is 3.42. The molecule has 96 valence electrons.